The van der Waals surface area contributed by atoms with E-state index in [1.807, 2.05) is 4.90 Å². The van der Waals surface area contributed by atoms with Gasteiger partial charge in [-0.15, -0.1) is 24.0 Å². The van der Waals surface area contributed by atoms with Crippen LogP contribution in [0.15, 0.2) is 27.8 Å². The van der Waals surface area contributed by atoms with E-state index in [1.165, 1.54) is 25.8 Å². The lowest BCUT2D eigenvalue weighted by atomic mass is 10.0. The largest absolute Gasteiger partial charge is 0.459 e. The van der Waals surface area contributed by atoms with Gasteiger partial charge >= 0.3 is 0 Å². The highest BCUT2D eigenvalue weighted by Gasteiger charge is 2.26. The Morgan fingerprint density at radius 1 is 1.18 bits per heavy atom. The van der Waals surface area contributed by atoms with E-state index in [0.717, 1.165) is 38.7 Å². The van der Waals surface area contributed by atoms with Gasteiger partial charge in [0, 0.05) is 38.8 Å². The minimum atomic E-state index is -0.0256. The molecule has 0 spiro atoms. The highest BCUT2D eigenvalue weighted by atomic mass is 127. The molecule has 1 atom stereocenters. The summed E-state index contributed by atoms with van der Waals surface area (Å²) in [7, 11) is 0. The molecule has 0 saturated carbocycles. The van der Waals surface area contributed by atoms with Crippen molar-refractivity contribution in [3.63, 3.8) is 0 Å². The highest BCUT2D eigenvalue weighted by Crippen LogP contribution is 2.17. The van der Waals surface area contributed by atoms with E-state index >= 15 is 0 Å². The summed E-state index contributed by atoms with van der Waals surface area (Å²) in [4.78, 5) is 24.1. The van der Waals surface area contributed by atoms with Crippen molar-refractivity contribution >= 4 is 35.8 Å². The summed E-state index contributed by atoms with van der Waals surface area (Å²) < 4.78 is 5.24. The first-order valence-electron chi connectivity index (χ1n) is 10.3. The zero-order valence-electron chi connectivity index (χ0n) is 17.1. The minimum Gasteiger partial charge on any atom is -0.459 e. The molecular weight excluding hydrogens is 469 g/mol. The molecule has 0 radical (unpaired) electrons. The van der Waals surface area contributed by atoms with Crippen molar-refractivity contribution in [2.24, 2.45) is 4.99 Å². The van der Waals surface area contributed by atoms with Crippen molar-refractivity contribution in [3.05, 3.63) is 24.2 Å². The Bertz CT molecular complexity index is 614. The molecular formula is C20H34IN5O2. The summed E-state index contributed by atoms with van der Waals surface area (Å²) in [5.74, 6) is 1.37. The van der Waals surface area contributed by atoms with Crippen LogP contribution in [0.1, 0.15) is 43.7 Å². The van der Waals surface area contributed by atoms with Gasteiger partial charge in [-0.25, -0.2) is 0 Å². The van der Waals surface area contributed by atoms with E-state index in [0.29, 0.717) is 24.9 Å². The Hall–Kier alpha value is -1.29. The number of rotatable bonds is 5. The first kappa shape index (κ1) is 23.0. The number of piperidine rings is 1. The van der Waals surface area contributed by atoms with Gasteiger partial charge < -0.3 is 19.5 Å². The summed E-state index contributed by atoms with van der Waals surface area (Å²) in [5.41, 5.74) is 0. The van der Waals surface area contributed by atoms with Crippen LogP contribution in [0.3, 0.4) is 0 Å². The second-order valence-electron chi connectivity index (χ2n) is 7.23. The Balaban J connectivity index is 0.00000280. The number of hydrogen-bond donors (Lipinski definition) is 1. The van der Waals surface area contributed by atoms with Gasteiger partial charge in [0.2, 0.25) is 0 Å². The second-order valence-corrected chi connectivity index (χ2v) is 7.23. The number of carbonyl (C=O) groups is 1. The van der Waals surface area contributed by atoms with E-state index in [1.54, 1.807) is 18.4 Å². The van der Waals surface area contributed by atoms with Crippen molar-refractivity contribution < 1.29 is 9.21 Å². The van der Waals surface area contributed by atoms with Gasteiger partial charge in [-0.05, 0) is 45.0 Å². The highest BCUT2D eigenvalue weighted by molar-refractivity contribution is 14.0. The third kappa shape index (κ3) is 5.85. The zero-order chi connectivity index (χ0) is 19.1. The molecule has 1 N–H and O–H groups in total. The molecule has 0 aliphatic carbocycles. The molecule has 0 aromatic carbocycles. The maximum atomic E-state index is 12.4. The van der Waals surface area contributed by atoms with Crippen LogP contribution in [0.4, 0.5) is 0 Å². The van der Waals surface area contributed by atoms with Crippen LogP contribution in [0, 0.1) is 0 Å². The maximum absolute atomic E-state index is 12.4. The number of nitrogens with one attached hydrogen (secondary N) is 1. The first-order valence-corrected chi connectivity index (χ1v) is 10.3. The van der Waals surface area contributed by atoms with Gasteiger partial charge in [-0.3, -0.25) is 14.7 Å². The molecule has 8 heteroatoms. The van der Waals surface area contributed by atoms with E-state index in [9.17, 15) is 4.79 Å². The van der Waals surface area contributed by atoms with Crippen LogP contribution >= 0.6 is 24.0 Å². The van der Waals surface area contributed by atoms with Crippen molar-refractivity contribution in [3.8, 4) is 0 Å². The van der Waals surface area contributed by atoms with Crippen molar-refractivity contribution in [1.29, 1.82) is 0 Å². The van der Waals surface area contributed by atoms with Crippen molar-refractivity contribution in [2.45, 2.75) is 39.2 Å². The molecule has 1 aromatic heterocycles. The maximum Gasteiger partial charge on any atom is 0.289 e. The number of aliphatic imine (C=N–C) groups is 1. The summed E-state index contributed by atoms with van der Waals surface area (Å²) in [6.07, 6.45) is 5.40. The van der Waals surface area contributed by atoms with E-state index in [-0.39, 0.29) is 29.9 Å². The van der Waals surface area contributed by atoms with Crippen LogP contribution in [-0.2, 0) is 0 Å². The molecule has 1 amide bonds. The normalized spacial score (nSPS) is 21.4. The SMILES string of the molecule is CCNC(=NCC1CCCCN1CC)N1CCN(C(=O)c2ccco2)CC1.I. The van der Waals surface area contributed by atoms with Crippen LogP contribution in [-0.4, -0.2) is 85.0 Å². The summed E-state index contributed by atoms with van der Waals surface area (Å²) in [6, 6.07) is 4.04. The number of hydrogen-bond acceptors (Lipinski definition) is 4. The van der Waals surface area contributed by atoms with Gasteiger partial charge in [0.05, 0.1) is 12.8 Å². The fourth-order valence-electron chi connectivity index (χ4n) is 3.98. The number of nitrogens with zero attached hydrogens (tertiary/aromatic N) is 4. The number of halogens is 1. The standard InChI is InChI=1S/C20H33N5O2.HI/c1-3-21-20(22-16-17-8-5-6-10-23(17)4-2)25-13-11-24(12-14-25)19(26)18-9-7-15-27-18;/h7,9,15,17H,3-6,8,10-14,16H2,1-2H3,(H,21,22);1H. The second kappa shape index (κ2) is 11.6. The number of likely N-dealkylation sites (tertiary alicyclic amines) is 1. The van der Waals surface area contributed by atoms with Crippen LogP contribution in [0.25, 0.3) is 0 Å². The lowest BCUT2D eigenvalue weighted by molar-refractivity contribution is 0.0657. The minimum absolute atomic E-state index is 0. The number of guanidine groups is 1. The zero-order valence-corrected chi connectivity index (χ0v) is 19.4. The number of amides is 1. The van der Waals surface area contributed by atoms with E-state index < -0.39 is 0 Å². The predicted molar refractivity (Wildman–Crippen MR) is 122 cm³/mol. The predicted octanol–water partition coefficient (Wildman–Crippen LogP) is 2.50. The number of piperazine rings is 1. The van der Waals surface area contributed by atoms with Crippen molar-refractivity contribution in [2.75, 3.05) is 52.4 Å². The Morgan fingerprint density at radius 3 is 2.57 bits per heavy atom. The third-order valence-corrected chi connectivity index (χ3v) is 5.54. The van der Waals surface area contributed by atoms with Crippen LogP contribution in [0.5, 0.6) is 0 Å². The molecule has 2 saturated heterocycles. The molecule has 28 heavy (non-hydrogen) atoms. The molecule has 2 fully saturated rings. The molecule has 0 bridgehead atoms. The summed E-state index contributed by atoms with van der Waals surface area (Å²) >= 11 is 0. The number of likely N-dealkylation sites (N-methyl/N-ethyl adjacent to an activating group) is 1. The molecule has 3 rings (SSSR count). The van der Waals surface area contributed by atoms with Gasteiger partial charge in [0.15, 0.2) is 11.7 Å². The summed E-state index contributed by atoms with van der Waals surface area (Å²) in [5, 5.41) is 3.43. The molecule has 2 aliphatic heterocycles. The molecule has 1 aromatic rings. The Morgan fingerprint density at radius 2 is 1.93 bits per heavy atom. The molecule has 7 nitrogen and oxygen atoms in total. The van der Waals surface area contributed by atoms with Crippen LogP contribution in [0.2, 0.25) is 0 Å². The smallest absolute Gasteiger partial charge is 0.289 e. The number of carbonyl (C=O) groups excluding carboxylic acids is 1. The average molecular weight is 503 g/mol. The molecule has 158 valence electrons. The lowest BCUT2D eigenvalue weighted by Crippen LogP contribution is -2.54. The molecule has 1 unspecified atom stereocenters. The van der Waals surface area contributed by atoms with Crippen LogP contribution < -0.4 is 5.32 Å². The third-order valence-electron chi connectivity index (χ3n) is 5.54. The molecule has 3 heterocycles. The quantitative estimate of drug-likeness (QED) is 0.380. The Labute approximate surface area is 185 Å². The van der Waals surface area contributed by atoms with Crippen molar-refractivity contribution in [1.82, 2.24) is 20.0 Å². The molecule has 2 aliphatic rings. The Kier molecular flexibility index (Phi) is 9.57. The fourth-order valence-corrected chi connectivity index (χ4v) is 3.98. The first-order chi connectivity index (χ1) is 13.2. The summed E-state index contributed by atoms with van der Waals surface area (Å²) in [6.45, 7) is 11.3. The monoisotopic (exact) mass is 503 g/mol. The van der Waals surface area contributed by atoms with Gasteiger partial charge in [-0.1, -0.05) is 13.3 Å². The average Bonchev–Trinajstić information content (AvgIpc) is 3.26. The number of furan rings is 1. The van der Waals surface area contributed by atoms with E-state index in [4.69, 9.17) is 9.41 Å². The topological polar surface area (TPSA) is 64.3 Å². The van der Waals surface area contributed by atoms with Gasteiger partial charge in [0.25, 0.3) is 5.91 Å². The van der Waals surface area contributed by atoms with E-state index in [2.05, 4.69) is 29.0 Å². The lowest BCUT2D eigenvalue weighted by Gasteiger charge is -2.37. The fraction of sp³-hybridized carbons (Fsp3) is 0.700. The van der Waals surface area contributed by atoms with Gasteiger partial charge in [0.1, 0.15) is 0 Å². The van der Waals surface area contributed by atoms with Gasteiger partial charge in [-0.2, -0.15) is 0 Å².